The fourth-order valence-corrected chi connectivity index (χ4v) is 3.15. The zero-order valence-corrected chi connectivity index (χ0v) is 14.1. The first kappa shape index (κ1) is 15.6. The Morgan fingerprint density at radius 2 is 2.12 bits per heavy atom. The number of likely N-dealkylation sites (N-methyl/N-ethyl adjacent to an activating group) is 1. The summed E-state index contributed by atoms with van der Waals surface area (Å²) >= 11 is 0. The lowest BCUT2D eigenvalue weighted by Gasteiger charge is -2.18. The van der Waals surface area contributed by atoms with Gasteiger partial charge in [-0.15, -0.1) is 0 Å². The molecule has 0 aromatic carbocycles. The van der Waals surface area contributed by atoms with Gasteiger partial charge in [-0.05, 0) is 31.6 Å². The molecule has 0 unspecified atom stereocenters. The first-order chi connectivity index (χ1) is 11.6. The fourth-order valence-electron chi connectivity index (χ4n) is 3.15. The minimum absolute atomic E-state index is 0.0699. The molecule has 3 aliphatic rings. The number of nitrogens with zero attached hydrogens (tertiary/aromatic N) is 3. The number of hydrogen-bond acceptors (Lipinski definition) is 4. The van der Waals surface area contributed by atoms with Crippen LogP contribution in [0.4, 0.5) is 0 Å². The van der Waals surface area contributed by atoms with E-state index in [1.165, 1.54) is 17.7 Å². The largest absolute Gasteiger partial charge is 0.376 e. The van der Waals surface area contributed by atoms with Crippen molar-refractivity contribution in [2.45, 2.75) is 51.3 Å². The summed E-state index contributed by atoms with van der Waals surface area (Å²) in [7, 11) is 1.66. The van der Waals surface area contributed by atoms with Crippen LogP contribution in [-0.2, 0) is 29.1 Å². The van der Waals surface area contributed by atoms with E-state index in [4.69, 9.17) is 4.74 Å². The molecule has 1 aliphatic heterocycles. The highest BCUT2D eigenvalue weighted by molar-refractivity contribution is 5.96. The number of aromatic nitrogens is 2. The molecule has 2 amide bonds. The molecule has 7 heteroatoms. The topological polar surface area (TPSA) is 76.5 Å². The molecular weight excluding hydrogens is 308 g/mol. The zero-order chi connectivity index (χ0) is 16.7. The lowest BCUT2D eigenvalue weighted by molar-refractivity contribution is -0.121. The predicted molar refractivity (Wildman–Crippen MR) is 86.4 cm³/mol. The Labute approximate surface area is 141 Å². The lowest BCUT2D eigenvalue weighted by atomic mass is 10.1. The minimum atomic E-state index is -0.197. The van der Waals surface area contributed by atoms with Gasteiger partial charge in [-0.2, -0.15) is 5.10 Å². The van der Waals surface area contributed by atoms with Crippen molar-refractivity contribution in [2.24, 2.45) is 5.92 Å². The summed E-state index contributed by atoms with van der Waals surface area (Å²) in [6, 6.07) is 0.305. The summed E-state index contributed by atoms with van der Waals surface area (Å²) in [5.41, 5.74) is 2.49. The van der Waals surface area contributed by atoms with Crippen LogP contribution in [0.2, 0.25) is 0 Å². The van der Waals surface area contributed by atoms with E-state index in [2.05, 4.69) is 10.4 Å². The van der Waals surface area contributed by atoms with E-state index >= 15 is 0 Å². The lowest BCUT2D eigenvalue weighted by Crippen LogP contribution is -2.39. The molecule has 2 saturated carbocycles. The van der Waals surface area contributed by atoms with Gasteiger partial charge in [-0.1, -0.05) is 0 Å². The molecule has 7 nitrogen and oxygen atoms in total. The van der Waals surface area contributed by atoms with Crippen molar-refractivity contribution in [1.82, 2.24) is 20.0 Å². The number of fused-ring (bicyclic) bond motifs is 1. The molecular formula is C17H24N4O3. The average molecular weight is 332 g/mol. The smallest absolute Gasteiger partial charge is 0.274 e. The second-order valence-corrected chi connectivity index (χ2v) is 7.20. The minimum Gasteiger partial charge on any atom is -0.376 e. The molecule has 0 atom stereocenters. The number of nitrogens with one attached hydrogen (secondary N) is 1. The van der Waals surface area contributed by atoms with Crippen molar-refractivity contribution in [2.75, 3.05) is 20.2 Å². The Morgan fingerprint density at radius 3 is 2.83 bits per heavy atom. The summed E-state index contributed by atoms with van der Waals surface area (Å²) in [6.45, 7) is 2.07. The molecule has 24 heavy (non-hydrogen) atoms. The summed E-state index contributed by atoms with van der Waals surface area (Å²) in [6.07, 6.45) is 5.37. The van der Waals surface area contributed by atoms with Gasteiger partial charge in [-0.25, -0.2) is 0 Å². The van der Waals surface area contributed by atoms with Gasteiger partial charge in [-0.3, -0.25) is 14.3 Å². The number of ether oxygens (including phenoxy) is 1. The highest BCUT2D eigenvalue weighted by Crippen LogP contribution is 2.32. The first-order valence-electron chi connectivity index (χ1n) is 8.83. The second kappa shape index (κ2) is 6.20. The van der Waals surface area contributed by atoms with Gasteiger partial charge in [0, 0.05) is 37.3 Å². The zero-order valence-electron chi connectivity index (χ0n) is 14.1. The molecule has 0 bridgehead atoms. The van der Waals surface area contributed by atoms with Crippen LogP contribution >= 0.6 is 0 Å². The predicted octanol–water partition coefficient (Wildman–Crippen LogP) is 0.716. The molecule has 4 rings (SSSR count). The number of hydrogen-bond donors (Lipinski definition) is 1. The molecule has 0 spiro atoms. The molecule has 2 heterocycles. The van der Waals surface area contributed by atoms with Crippen molar-refractivity contribution in [1.29, 1.82) is 0 Å². The van der Waals surface area contributed by atoms with Gasteiger partial charge in [0.25, 0.3) is 5.91 Å². The number of rotatable bonds is 6. The van der Waals surface area contributed by atoms with E-state index < -0.39 is 0 Å². The van der Waals surface area contributed by atoms with E-state index in [-0.39, 0.29) is 18.4 Å². The average Bonchev–Trinajstić information content (AvgIpc) is 3.48. The normalized spacial score (nSPS) is 19.7. The SMILES string of the molecule is CN(CC(=O)NC1CC1)C(=O)c1nn(CC2CC2)c2c1COCC2. The monoisotopic (exact) mass is 332 g/mol. The number of carbonyl (C=O) groups is 2. The molecule has 2 aliphatic carbocycles. The van der Waals surface area contributed by atoms with Crippen LogP contribution in [0.1, 0.15) is 47.4 Å². The van der Waals surface area contributed by atoms with E-state index in [1.807, 2.05) is 4.68 Å². The quantitative estimate of drug-likeness (QED) is 0.833. The van der Waals surface area contributed by atoms with E-state index in [0.29, 0.717) is 30.9 Å². The summed E-state index contributed by atoms with van der Waals surface area (Å²) in [4.78, 5) is 26.2. The maximum absolute atomic E-state index is 12.8. The molecule has 2 fully saturated rings. The van der Waals surface area contributed by atoms with Gasteiger partial charge in [0.05, 0.1) is 19.8 Å². The van der Waals surface area contributed by atoms with Gasteiger partial charge in [0.2, 0.25) is 5.91 Å². The van der Waals surface area contributed by atoms with Gasteiger partial charge < -0.3 is 15.0 Å². The van der Waals surface area contributed by atoms with Crippen molar-refractivity contribution < 1.29 is 14.3 Å². The molecule has 0 saturated heterocycles. The highest BCUT2D eigenvalue weighted by Gasteiger charge is 2.31. The maximum atomic E-state index is 12.8. The standard InChI is InChI=1S/C17H24N4O3/c1-20(9-15(22)18-12-4-5-12)17(23)16-13-10-24-7-6-14(13)21(19-16)8-11-2-3-11/h11-12H,2-10H2,1H3,(H,18,22). The van der Waals surface area contributed by atoms with Crippen molar-refractivity contribution in [3.63, 3.8) is 0 Å². The van der Waals surface area contributed by atoms with E-state index in [9.17, 15) is 9.59 Å². The molecule has 1 aromatic heterocycles. The van der Waals surface area contributed by atoms with Gasteiger partial charge in [0.1, 0.15) is 0 Å². The maximum Gasteiger partial charge on any atom is 0.274 e. The Morgan fingerprint density at radius 1 is 1.33 bits per heavy atom. The highest BCUT2D eigenvalue weighted by atomic mass is 16.5. The number of carbonyl (C=O) groups excluding carboxylic acids is 2. The van der Waals surface area contributed by atoms with Crippen LogP contribution < -0.4 is 5.32 Å². The van der Waals surface area contributed by atoms with Crippen molar-refractivity contribution >= 4 is 11.8 Å². The van der Waals surface area contributed by atoms with Crippen LogP contribution in [-0.4, -0.2) is 52.7 Å². The second-order valence-electron chi connectivity index (χ2n) is 7.20. The number of amides is 2. The Balaban J connectivity index is 1.49. The van der Waals surface area contributed by atoms with Crippen LogP contribution in [0.15, 0.2) is 0 Å². The van der Waals surface area contributed by atoms with E-state index in [0.717, 1.165) is 37.1 Å². The van der Waals surface area contributed by atoms with Crippen molar-refractivity contribution in [3.05, 3.63) is 17.0 Å². The third kappa shape index (κ3) is 3.31. The third-order valence-corrected chi connectivity index (χ3v) is 4.90. The third-order valence-electron chi connectivity index (χ3n) is 4.90. The molecule has 130 valence electrons. The van der Waals surface area contributed by atoms with Crippen LogP contribution in [0.3, 0.4) is 0 Å². The fraction of sp³-hybridized carbons (Fsp3) is 0.706. The first-order valence-corrected chi connectivity index (χ1v) is 8.83. The Kier molecular flexibility index (Phi) is 4.04. The van der Waals surface area contributed by atoms with Gasteiger partial charge in [0.15, 0.2) is 5.69 Å². The van der Waals surface area contributed by atoms with Crippen LogP contribution in [0, 0.1) is 5.92 Å². The molecule has 1 aromatic rings. The van der Waals surface area contributed by atoms with Crippen LogP contribution in [0.25, 0.3) is 0 Å². The van der Waals surface area contributed by atoms with E-state index in [1.54, 1.807) is 7.05 Å². The van der Waals surface area contributed by atoms with Crippen molar-refractivity contribution in [3.8, 4) is 0 Å². The Bertz CT molecular complexity index is 661. The molecule has 0 radical (unpaired) electrons. The summed E-state index contributed by atoms with van der Waals surface area (Å²) in [5, 5.41) is 7.50. The van der Waals surface area contributed by atoms with Gasteiger partial charge >= 0.3 is 0 Å². The molecule has 1 N–H and O–H groups in total. The summed E-state index contributed by atoms with van der Waals surface area (Å²) < 4.78 is 7.54. The van der Waals surface area contributed by atoms with Crippen LogP contribution in [0.5, 0.6) is 0 Å². The Hall–Kier alpha value is -1.89. The summed E-state index contributed by atoms with van der Waals surface area (Å²) in [5.74, 6) is 0.398.